The number of hydrogen-bond acceptors (Lipinski definition) is 3. The Hall–Kier alpha value is -0.570. The van der Waals surface area contributed by atoms with Gasteiger partial charge in [0.25, 0.3) is 0 Å². The Morgan fingerprint density at radius 1 is 1.14 bits per heavy atom. The van der Waals surface area contributed by atoms with Gasteiger partial charge >= 0.3 is 5.97 Å². The summed E-state index contributed by atoms with van der Waals surface area (Å²) in [6.45, 7) is 2.30. The average Bonchev–Trinajstić information content (AvgIpc) is 2.89. The van der Waals surface area contributed by atoms with Crippen molar-refractivity contribution in [3.63, 3.8) is 0 Å². The molecule has 21 heavy (non-hydrogen) atoms. The molecule has 2 unspecified atom stereocenters. The molecule has 3 heteroatoms. The van der Waals surface area contributed by atoms with Crippen molar-refractivity contribution in [1.82, 2.24) is 5.32 Å². The van der Waals surface area contributed by atoms with E-state index in [1.54, 1.807) is 7.11 Å². The van der Waals surface area contributed by atoms with Crippen molar-refractivity contribution in [3.8, 4) is 0 Å². The average molecular weight is 293 g/mol. The molecule has 0 aromatic rings. The summed E-state index contributed by atoms with van der Waals surface area (Å²) in [4.78, 5) is 12.3. The van der Waals surface area contributed by atoms with Crippen molar-refractivity contribution < 1.29 is 9.53 Å². The number of nitrogens with one attached hydrogen (secondary N) is 1. The summed E-state index contributed by atoms with van der Waals surface area (Å²) in [5.41, 5.74) is 0. The maximum atomic E-state index is 12.3. The highest BCUT2D eigenvalue weighted by Crippen LogP contribution is 2.46. The number of piperidine rings is 1. The highest BCUT2D eigenvalue weighted by Gasteiger charge is 2.48. The number of esters is 1. The van der Waals surface area contributed by atoms with Crippen LogP contribution in [0.2, 0.25) is 0 Å². The first-order valence-electron chi connectivity index (χ1n) is 9.06. The Balaban J connectivity index is 1.66. The van der Waals surface area contributed by atoms with Crippen molar-refractivity contribution in [2.75, 3.05) is 7.11 Å². The van der Waals surface area contributed by atoms with Crippen molar-refractivity contribution in [2.24, 2.45) is 23.7 Å². The summed E-state index contributed by atoms with van der Waals surface area (Å²) in [5.74, 6) is 2.42. The van der Waals surface area contributed by atoms with Crippen LogP contribution in [0.1, 0.15) is 64.7 Å². The van der Waals surface area contributed by atoms with Gasteiger partial charge in [-0.25, -0.2) is 0 Å². The van der Waals surface area contributed by atoms with Crippen molar-refractivity contribution >= 4 is 5.97 Å². The second-order valence-corrected chi connectivity index (χ2v) is 7.57. The molecule has 3 fully saturated rings. The highest BCUT2D eigenvalue weighted by molar-refractivity contribution is 5.74. The van der Waals surface area contributed by atoms with Crippen LogP contribution in [-0.4, -0.2) is 25.2 Å². The van der Waals surface area contributed by atoms with E-state index in [0.717, 1.165) is 18.3 Å². The zero-order valence-corrected chi connectivity index (χ0v) is 13.6. The maximum Gasteiger partial charge on any atom is 0.310 e. The molecule has 3 nitrogen and oxygen atoms in total. The van der Waals surface area contributed by atoms with Crippen LogP contribution >= 0.6 is 0 Å². The van der Waals surface area contributed by atoms with Gasteiger partial charge in [0, 0.05) is 12.1 Å². The predicted octanol–water partition coefficient (Wildman–Crippen LogP) is 3.52. The molecule has 0 aromatic heterocycles. The third kappa shape index (κ3) is 3.13. The SMILES string of the molecule is CCCC1CCC([C@H]2C[C@H]3CCC(N3)C2C(=O)OC)CC1. The molecule has 120 valence electrons. The van der Waals surface area contributed by atoms with Crippen LogP contribution in [0.3, 0.4) is 0 Å². The standard InChI is InChI=1S/C18H31NO2/c1-3-4-12-5-7-13(8-6-12)15-11-14-9-10-16(19-14)17(15)18(20)21-2/h12-17,19H,3-11H2,1-2H3/t12?,13?,14-,15-,16?,17?/m1/s1. The van der Waals surface area contributed by atoms with Gasteiger partial charge in [-0.15, -0.1) is 0 Å². The summed E-state index contributed by atoms with van der Waals surface area (Å²) < 4.78 is 5.14. The van der Waals surface area contributed by atoms with E-state index in [4.69, 9.17) is 4.74 Å². The first kappa shape index (κ1) is 15.3. The molecular formula is C18H31NO2. The Morgan fingerprint density at radius 3 is 2.57 bits per heavy atom. The molecule has 2 saturated heterocycles. The lowest BCUT2D eigenvalue weighted by Gasteiger charge is -2.42. The Kier molecular flexibility index (Phi) is 4.88. The van der Waals surface area contributed by atoms with Crippen LogP contribution in [0.4, 0.5) is 0 Å². The van der Waals surface area contributed by atoms with E-state index in [0.29, 0.717) is 18.0 Å². The van der Waals surface area contributed by atoms with Gasteiger partial charge < -0.3 is 10.1 Å². The zero-order valence-electron chi connectivity index (χ0n) is 13.6. The fourth-order valence-corrected chi connectivity index (χ4v) is 5.37. The number of carbonyl (C=O) groups excluding carboxylic acids is 1. The van der Waals surface area contributed by atoms with Gasteiger partial charge in [0.15, 0.2) is 0 Å². The lowest BCUT2D eigenvalue weighted by molar-refractivity contribution is -0.151. The molecule has 0 aromatic carbocycles. The Labute approximate surface area is 129 Å². The van der Waals surface area contributed by atoms with Gasteiger partial charge in [-0.1, -0.05) is 32.6 Å². The summed E-state index contributed by atoms with van der Waals surface area (Å²) >= 11 is 0. The van der Waals surface area contributed by atoms with E-state index in [1.165, 1.54) is 51.4 Å². The largest absolute Gasteiger partial charge is 0.469 e. The minimum Gasteiger partial charge on any atom is -0.469 e. The van der Waals surface area contributed by atoms with Crippen LogP contribution in [-0.2, 0) is 9.53 Å². The van der Waals surface area contributed by atoms with E-state index in [-0.39, 0.29) is 11.9 Å². The van der Waals surface area contributed by atoms with Gasteiger partial charge in [0.1, 0.15) is 0 Å². The van der Waals surface area contributed by atoms with Crippen LogP contribution < -0.4 is 5.32 Å². The first-order chi connectivity index (χ1) is 10.2. The molecule has 0 radical (unpaired) electrons. The van der Waals surface area contributed by atoms with Gasteiger partial charge in [0.2, 0.25) is 0 Å². The summed E-state index contributed by atoms with van der Waals surface area (Å²) in [6.07, 6.45) is 11.7. The summed E-state index contributed by atoms with van der Waals surface area (Å²) in [7, 11) is 1.55. The molecule has 1 aliphatic carbocycles. The molecule has 1 N–H and O–H groups in total. The molecule has 0 amide bonds. The topological polar surface area (TPSA) is 38.3 Å². The summed E-state index contributed by atoms with van der Waals surface area (Å²) in [6, 6.07) is 1.05. The van der Waals surface area contributed by atoms with E-state index >= 15 is 0 Å². The van der Waals surface area contributed by atoms with Crippen molar-refractivity contribution in [1.29, 1.82) is 0 Å². The van der Waals surface area contributed by atoms with Crippen LogP contribution in [0.15, 0.2) is 0 Å². The number of carbonyl (C=O) groups is 1. The number of ether oxygens (including phenoxy) is 1. The number of fused-ring (bicyclic) bond motifs is 2. The molecule has 3 rings (SSSR count). The molecule has 2 heterocycles. The molecule has 4 atom stereocenters. The fraction of sp³-hybridized carbons (Fsp3) is 0.944. The quantitative estimate of drug-likeness (QED) is 0.806. The maximum absolute atomic E-state index is 12.3. The van der Waals surface area contributed by atoms with E-state index in [1.807, 2.05) is 0 Å². The summed E-state index contributed by atoms with van der Waals surface area (Å²) in [5, 5.41) is 3.65. The molecule has 2 bridgehead atoms. The molecule has 1 saturated carbocycles. The van der Waals surface area contributed by atoms with Crippen molar-refractivity contribution in [3.05, 3.63) is 0 Å². The minimum atomic E-state index is 0.0357. The highest BCUT2D eigenvalue weighted by atomic mass is 16.5. The fourth-order valence-electron chi connectivity index (χ4n) is 5.37. The monoisotopic (exact) mass is 293 g/mol. The minimum absolute atomic E-state index is 0.0357. The van der Waals surface area contributed by atoms with Gasteiger partial charge in [-0.2, -0.15) is 0 Å². The second kappa shape index (κ2) is 6.68. The smallest absolute Gasteiger partial charge is 0.310 e. The molecule has 2 aliphatic heterocycles. The number of hydrogen-bond donors (Lipinski definition) is 1. The third-order valence-corrected chi connectivity index (χ3v) is 6.39. The van der Waals surface area contributed by atoms with Gasteiger partial charge in [-0.3, -0.25) is 4.79 Å². The lowest BCUT2D eigenvalue weighted by atomic mass is 9.67. The molecular weight excluding hydrogens is 262 g/mol. The number of methoxy groups -OCH3 is 1. The predicted molar refractivity (Wildman–Crippen MR) is 83.9 cm³/mol. The third-order valence-electron chi connectivity index (χ3n) is 6.39. The van der Waals surface area contributed by atoms with Gasteiger partial charge in [0.05, 0.1) is 13.0 Å². The molecule has 3 aliphatic rings. The van der Waals surface area contributed by atoms with E-state index < -0.39 is 0 Å². The number of rotatable bonds is 4. The van der Waals surface area contributed by atoms with E-state index in [9.17, 15) is 4.79 Å². The Morgan fingerprint density at radius 2 is 1.90 bits per heavy atom. The molecule has 0 spiro atoms. The normalized spacial score (nSPS) is 42.8. The van der Waals surface area contributed by atoms with Gasteiger partial charge in [-0.05, 0) is 49.9 Å². The first-order valence-corrected chi connectivity index (χ1v) is 9.06. The van der Waals surface area contributed by atoms with Crippen LogP contribution in [0.5, 0.6) is 0 Å². The zero-order chi connectivity index (χ0) is 14.8. The van der Waals surface area contributed by atoms with Crippen LogP contribution in [0, 0.1) is 23.7 Å². The lowest BCUT2D eigenvalue weighted by Crippen LogP contribution is -2.51. The van der Waals surface area contributed by atoms with E-state index in [2.05, 4.69) is 12.2 Å². The van der Waals surface area contributed by atoms with Crippen LogP contribution in [0.25, 0.3) is 0 Å². The Bertz CT molecular complexity index is 362. The second-order valence-electron chi connectivity index (χ2n) is 7.57. The van der Waals surface area contributed by atoms with Crippen molar-refractivity contribution in [2.45, 2.75) is 76.8 Å².